The van der Waals surface area contributed by atoms with Gasteiger partial charge in [-0.1, -0.05) is 18.2 Å². The summed E-state index contributed by atoms with van der Waals surface area (Å²) in [6.07, 6.45) is 1.34. The van der Waals surface area contributed by atoms with E-state index in [1.165, 1.54) is 0 Å². The lowest BCUT2D eigenvalue weighted by atomic mass is 10.0. The Balaban J connectivity index is 2.03. The molecule has 1 aromatic rings. The van der Waals surface area contributed by atoms with Gasteiger partial charge in [0.2, 0.25) is 5.78 Å². The summed E-state index contributed by atoms with van der Waals surface area (Å²) in [4.78, 5) is 22.3. The smallest absolute Gasteiger partial charge is 0.379 e. The molecule has 2 heterocycles. The molecule has 3 rings (SSSR count). The first-order valence-corrected chi connectivity index (χ1v) is 4.96. The van der Waals surface area contributed by atoms with Gasteiger partial charge >= 0.3 is 5.97 Å². The fraction of sp³-hybridized carbons (Fsp3) is 0.167. The molecule has 1 fully saturated rings. The summed E-state index contributed by atoms with van der Waals surface area (Å²) in [6.45, 7) is 0. The lowest BCUT2D eigenvalue weighted by Gasteiger charge is -2.28. The van der Waals surface area contributed by atoms with E-state index in [4.69, 9.17) is 9.47 Å². The van der Waals surface area contributed by atoms with Crippen LogP contribution < -0.4 is 4.74 Å². The number of ether oxygens (including phenoxy) is 2. The van der Waals surface area contributed by atoms with Gasteiger partial charge < -0.3 is 9.47 Å². The number of rotatable bonds is 0. The number of ketones is 1. The largest absolute Gasteiger partial charge is 0.481 e. The second kappa shape index (κ2) is 3.20. The van der Waals surface area contributed by atoms with Crippen LogP contribution in [0.15, 0.2) is 30.0 Å². The zero-order valence-electron chi connectivity index (χ0n) is 8.30. The summed E-state index contributed by atoms with van der Waals surface area (Å²) in [5, 5.41) is 0. The van der Waals surface area contributed by atoms with E-state index in [1.807, 2.05) is 24.3 Å². The molecule has 1 unspecified atom stereocenters. The molecular weight excluding hydrogens is 208 g/mol. The Morgan fingerprint density at radius 3 is 2.88 bits per heavy atom. The molecule has 1 atom stereocenters. The third kappa shape index (κ3) is 1.31. The Labute approximate surface area is 91.5 Å². The van der Waals surface area contributed by atoms with E-state index < -0.39 is 17.9 Å². The molecular formula is C12H8O4. The third-order valence-electron chi connectivity index (χ3n) is 2.61. The lowest BCUT2D eigenvalue weighted by molar-refractivity contribution is -0.156. The standard InChI is InChI=1S/C12H8O4/c13-8-6-11-10(16-12(8)14)5-7-3-1-2-4-9(7)15-11/h1-5,11H,6H2. The molecule has 80 valence electrons. The van der Waals surface area contributed by atoms with Crippen molar-refractivity contribution in [2.24, 2.45) is 0 Å². The molecule has 0 bridgehead atoms. The molecule has 0 N–H and O–H groups in total. The Morgan fingerprint density at radius 1 is 1.19 bits per heavy atom. The van der Waals surface area contributed by atoms with Crippen molar-refractivity contribution in [2.45, 2.75) is 12.5 Å². The summed E-state index contributed by atoms with van der Waals surface area (Å²) in [6, 6.07) is 7.41. The van der Waals surface area contributed by atoms with Gasteiger partial charge in [-0.3, -0.25) is 4.79 Å². The first-order valence-electron chi connectivity index (χ1n) is 4.96. The van der Waals surface area contributed by atoms with Crippen LogP contribution in [0, 0.1) is 0 Å². The van der Waals surface area contributed by atoms with Crippen LogP contribution in [-0.4, -0.2) is 17.9 Å². The number of hydrogen-bond donors (Lipinski definition) is 0. The van der Waals surface area contributed by atoms with Gasteiger partial charge in [-0.15, -0.1) is 0 Å². The van der Waals surface area contributed by atoms with Gasteiger partial charge in [0.25, 0.3) is 0 Å². The first-order chi connectivity index (χ1) is 7.74. The number of carbonyl (C=O) groups is 2. The second-order valence-corrected chi connectivity index (χ2v) is 3.71. The normalized spacial score (nSPS) is 22.5. The Hall–Kier alpha value is -2.10. The quantitative estimate of drug-likeness (QED) is 0.484. The number of esters is 1. The van der Waals surface area contributed by atoms with Gasteiger partial charge in [-0.05, 0) is 12.1 Å². The highest BCUT2D eigenvalue weighted by Gasteiger charge is 2.36. The van der Waals surface area contributed by atoms with Crippen LogP contribution in [0.1, 0.15) is 12.0 Å². The van der Waals surface area contributed by atoms with Crippen molar-refractivity contribution in [3.8, 4) is 5.75 Å². The molecule has 16 heavy (non-hydrogen) atoms. The average molecular weight is 216 g/mol. The van der Waals surface area contributed by atoms with Gasteiger partial charge in [0.15, 0.2) is 6.10 Å². The molecule has 0 aromatic heterocycles. The minimum Gasteiger partial charge on any atom is -0.481 e. The highest BCUT2D eigenvalue weighted by Crippen LogP contribution is 2.33. The topological polar surface area (TPSA) is 52.6 Å². The van der Waals surface area contributed by atoms with Crippen molar-refractivity contribution in [1.29, 1.82) is 0 Å². The van der Waals surface area contributed by atoms with Crippen molar-refractivity contribution in [3.05, 3.63) is 35.6 Å². The van der Waals surface area contributed by atoms with Gasteiger partial charge in [0, 0.05) is 5.56 Å². The second-order valence-electron chi connectivity index (χ2n) is 3.71. The Morgan fingerprint density at radius 2 is 2.00 bits per heavy atom. The van der Waals surface area contributed by atoms with E-state index in [0.717, 1.165) is 5.56 Å². The molecule has 4 nitrogen and oxygen atoms in total. The van der Waals surface area contributed by atoms with E-state index in [-0.39, 0.29) is 6.42 Å². The molecule has 1 saturated heterocycles. The van der Waals surface area contributed by atoms with Gasteiger partial charge in [-0.25, -0.2) is 4.79 Å². The van der Waals surface area contributed by atoms with E-state index >= 15 is 0 Å². The van der Waals surface area contributed by atoms with E-state index in [9.17, 15) is 9.59 Å². The predicted molar refractivity (Wildman–Crippen MR) is 54.6 cm³/mol. The molecule has 2 aliphatic rings. The summed E-state index contributed by atoms with van der Waals surface area (Å²) in [5.74, 6) is -0.211. The fourth-order valence-corrected chi connectivity index (χ4v) is 1.82. The Kier molecular flexibility index (Phi) is 1.83. The highest BCUT2D eigenvalue weighted by molar-refractivity contribution is 6.34. The van der Waals surface area contributed by atoms with E-state index in [0.29, 0.717) is 11.5 Å². The van der Waals surface area contributed by atoms with E-state index in [1.54, 1.807) is 6.08 Å². The van der Waals surface area contributed by atoms with Crippen molar-refractivity contribution in [1.82, 2.24) is 0 Å². The van der Waals surface area contributed by atoms with Crippen LogP contribution in [0.25, 0.3) is 6.08 Å². The van der Waals surface area contributed by atoms with Gasteiger partial charge in [-0.2, -0.15) is 0 Å². The number of Topliss-reactive ketones (excluding diaryl/α,β-unsaturated/α-hetero) is 1. The van der Waals surface area contributed by atoms with Crippen LogP contribution in [0.4, 0.5) is 0 Å². The molecule has 0 spiro atoms. The zero-order valence-corrected chi connectivity index (χ0v) is 8.30. The number of carbonyl (C=O) groups excluding carboxylic acids is 2. The third-order valence-corrected chi connectivity index (χ3v) is 2.61. The summed E-state index contributed by atoms with van der Waals surface area (Å²) in [5.41, 5.74) is 0.857. The van der Waals surface area contributed by atoms with Crippen LogP contribution in [-0.2, 0) is 14.3 Å². The fourth-order valence-electron chi connectivity index (χ4n) is 1.82. The SMILES string of the molecule is O=C1CC2Oc3ccccc3C=C2OC1=O. The Bertz CT molecular complexity index is 516. The lowest BCUT2D eigenvalue weighted by Crippen LogP contribution is -2.37. The minimum atomic E-state index is -0.800. The van der Waals surface area contributed by atoms with E-state index in [2.05, 4.69) is 0 Å². The van der Waals surface area contributed by atoms with Crippen LogP contribution in [0.5, 0.6) is 5.75 Å². The van der Waals surface area contributed by atoms with Crippen LogP contribution >= 0.6 is 0 Å². The molecule has 0 radical (unpaired) electrons. The molecule has 0 saturated carbocycles. The minimum absolute atomic E-state index is 0.0546. The molecule has 2 aliphatic heterocycles. The zero-order chi connectivity index (χ0) is 11.1. The average Bonchev–Trinajstić information content (AvgIpc) is 2.28. The number of hydrogen-bond acceptors (Lipinski definition) is 4. The first kappa shape index (κ1) is 9.15. The van der Waals surface area contributed by atoms with Gasteiger partial charge in [0.1, 0.15) is 11.5 Å². The van der Waals surface area contributed by atoms with Crippen LogP contribution in [0.3, 0.4) is 0 Å². The maximum Gasteiger partial charge on any atom is 0.379 e. The number of para-hydroxylation sites is 1. The maximum absolute atomic E-state index is 11.2. The molecule has 0 amide bonds. The molecule has 4 heteroatoms. The summed E-state index contributed by atoms with van der Waals surface area (Å²) in [7, 11) is 0. The molecule has 0 aliphatic carbocycles. The van der Waals surface area contributed by atoms with Gasteiger partial charge in [0.05, 0.1) is 6.42 Å². The summed E-state index contributed by atoms with van der Waals surface area (Å²) >= 11 is 0. The monoisotopic (exact) mass is 216 g/mol. The van der Waals surface area contributed by atoms with Crippen molar-refractivity contribution in [2.75, 3.05) is 0 Å². The number of benzene rings is 1. The maximum atomic E-state index is 11.2. The molecule has 1 aromatic carbocycles. The van der Waals surface area contributed by atoms with Crippen molar-refractivity contribution < 1.29 is 19.1 Å². The van der Waals surface area contributed by atoms with Crippen LogP contribution in [0.2, 0.25) is 0 Å². The highest BCUT2D eigenvalue weighted by atomic mass is 16.6. The summed E-state index contributed by atoms with van der Waals surface area (Å²) < 4.78 is 10.5. The predicted octanol–water partition coefficient (Wildman–Crippen LogP) is 1.30. The van der Waals surface area contributed by atoms with Crippen molar-refractivity contribution in [3.63, 3.8) is 0 Å². The number of fused-ring (bicyclic) bond motifs is 2. The van der Waals surface area contributed by atoms with Crippen molar-refractivity contribution >= 4 is 17.8 Å².